The van der Waals surface area contributed by atoms with Crippen LogP contribution in [-0.2, 0) is 4.74 Å². The van der Waals surface area contributed by atoms with Crippen molar-refractivity contribution < 1.29 is 14.3 Å². The smallest absolute Gasteiger partial charge is 0.341 e. The zero-order valence-electron chi connectivity index (χ0n) is 19.1. The van der Waals surface area contributed by atoms with Gasteiger partial charge in [0.2, 0.25) is 0 Å². The Labute approximate surface area is 192 Å². The van der Waals surface area contributed by atoms with Crippen molar-refractivity contribution >= 4 is 22.9 Å². The average molecular weight is 446 g/mol. The molecule has 0 aliphatic carbocycles. The second-order valence-corrected chi connectivity index (χ2v) is 8.16. The molecule has 0 unspecified atom stereocenters. The molecule has 2 aromatic carbocycles. The van der Waals surface area contributed by atoms with E-state index in [0.717, 1.165) is 22.5 Å². The van der Waals surface area contributed by atoms with E-state index < -0.39 is 5.97 Å². The van der Waals surface area contributed by atoms with Crippen LogP contribution in [0.1, 0.15) is 59.0 Å². The molecule has 2 N–H and O–H groups in total. The fourth-order valence-corrected chi connectivity index (χ4v) is 3.73. The number of hydrogen-bond acceptors (Lipinski definition) is 5. The highest BCUT2D eigenvalue weighted by atomic mass is 16.5. The van der Waals surface area contributed by atoms with E-state index in [9.17, 15) is 9.59 Å². The summed E-state index contributed by atoms with van der Waals surface area (Å²) in [6.45, 7) is 7.96. The summed E-state index contributed by atoms with van der Waals surface area (Å²) in [6, 6.07) is 14.6. The first-order valence-electron chi connectivity index (χ1n) is 11.0. The number of ether oxygens (including phenoxy) is 1. The molecule has 0 saturated heterocycles. The molecule has 170 valence electrons. The molecule has 4 aromatic rings. The molecule has 8 nitrogen and oxygen atoms in total. The van der Waals surface area contributed by atoms with E-state index >= 15 is 0 Å². The van der Waals surface area contributed by atoms with Gasteiger partial charge in [-0.05, 0) is 56.2 Å². The summed E-state index contributed by atoms with van der Waals surface area (Å²) in [6.07, 6.45) is 1.49. The Morgan fingerprint density at radius 2 is 1.85 bits per heavy atom. The third-order valence-corrected chi connectivity index (χ3v) is 5.53. The van der Waals surface area contributed by atoms with E-state index in [1.165, 1.54) is 6.20 Å². The van der Waals surface area contributed by atoms with Gasteiger partial charge in [0.25, 0.3) is 5.91 Å². The number of benzene rings is 2. The van der Waals surface area contributed by atoms with Gasteiger partial charge in [-0.2, -0.15) is 5.10 Å². The number of aromatic nitrogens is 4. The maximum absolute atomic E-state index is 13.0. The molecular weight excluding hydrogens is 418 g/mol. The molecule has 4 rings (SSSR count). The predicted molar refractivity (Wildman–Crippen MR) is 125 cm³/mol. The number of carbonyl (C=O) groups excluding carboxylic acids is 2. The monoisotopic (exact) mass is 445 g/mol. The van der Waals surface area contributed by atoms with E-state index in [1.54, 1.807) is 42.8 Å². The van der Waals surface area contributed by atoms with Gasteiger partial charge in [0.1, 0.15) is 11.4 Å². The van der Waals surface area contributed by atoms with E-state index in [1.807, 2.05) is 38.1 Å². The molecule has 0 saturated carbocycles. The molecule has 8 heteroatoms. The first kappa shape index (κ1) is 22.3. The highest BCUT2D eigenvalue weighted by Crippen LogP contribution is 2.23. The Balaban J connectivity index is 1.52. The number of amides is 1. The molecule has 1 atom stereocenters. The normalized spacial score (nSPS) is 12.2. The summed E-state index contributed by atoms with van der Waals surface area (Å²) < 4.78 is 6.72. The maximum atomic E-state index is 13.0. The van der Waals surface area contributed by atoms with Crippen molar-refractivity contribution in [3.63, 3.8) is 0 Å². The van der Waals surface area contributed by atoms with Gasteiger partial charge in [-0.1, -0.05) is 26.0 Å². The number of hydrogen-bond donors (Lipinski definition) is 2. The Hall–Kier alpha value is -3.94. The van der Waals surface area contributed by atoms with Crippen molar-refractivity contribution in [2.24, 2.45) is 5.92 Å². The molecule has 0 fully saturated rings. The van der Waals surface area contributed by atoms with E-state index in [-0.39, 0.29) is 17.9 Å². The lowest BCUT2D eigenvalue weighted by molar-refractivity contribution is 0.0525. The predicted octanol–water partition coefficient (Wildman–Crippen LogP) is 4.36. The zero-order chi connectivity index (χ0) is 23.5. The number of H-pyrrole nitrogens is 1. The summed E-state index contributed by atoms with van der Waals surface area (Å²) in [5, 5.41) is 7.40. The lowest BCUT2D eigenvalue weighted by atomic mass is 10.0. The van der Waals surface area contributed by atoms with Gasteiger partial charge in [-0.25, -0.2) is 14.5 Å². The van der Waals surface area contributed by atoms with Crippen LogP contribution in [0.3, 0.4) is 0 Å². The van der Waals surface area contributed by atoms with Crippen LogP contribution in [0, 0.1) is 12.8 Å². The molecular formula is C25H27N5O3. The highest BCUT2D eigenvalue weighted by Gasteiger charge is 2.23. The SMILES string of the molecule is CCOC(=O)c1cnn(-c2ccc(C(=O)N[C@H](c3nc4ccccc4[nH]3)C(C)C)cc2)c1C. The van der Waals surface area contributed by atoms with Gasteiger partial charge in [0, 0.05) is 5.56 Å². The van der Waals surface area contributed by atoms with Crippen molar-refractivity contribution in [3.05, 3.63) is 77.4 Å². The fourth-order valence-electron chi connectivity index (χ4n) is 3.73. The Morgan fingerprint density at radius 3 is 2.52 bits per heavy atom. The largest absolute Gasteiger partial charge is 0.462 e. The summed E-state index contributed by atoms with van der Waals surface area (Å²) in [7, 11) is 0. The second kappa shape index (κ2) is 9.28. The Morgan fingerprint density at radius 1 is 1.12 bits per heavy atom. The molecule has 0 aliphatic heterocycles. The van der Waals surface area contributed by atoms with Crippen LogP contribution in [0.4, 0.5) is 0 Å². The number of imidazole rings is 1. The number of aromatic amines is 1. The Bertz CT molecular complexity index is 1250. The van der Waals surface area contributed by atoms with Crippen LogP contribution < -0.4 is 5.32 Å². The molecule has 0 spiro atoms. The topological polar surface area (TPSA) is 102 Å². The number of nitrogens with one attached hydrogen (secondary N) is 2. The highest BCUT2D eigenvalue weighted by molar-refractivity contribution is 5.94. The van der Waals surface area contributed by atoms with Gasteiger partial charge in [0.15, 0.2) is 0 Å². The zero-order valence-corrected chi connectivity index (χ0v) is 19.1. The molecule has 1 amide bonds. The van der Waals surface area contributed by atoms with Crippen LogP contribution in [0.15, 0.2) is 54.7 Å². The van der Waals surface area contributed by atoms with Crippen LogP contribution in [-0.4, -0.2) is 38.2 Å². The van der Waals surface area contributed by atoms with Crippen LogP contribution in [0.25, 0.3) is 16.7 Å². The lowest BCUT2D eigenvalue weighted by Gasteiger charge is -2.20. The van der Waals surface area contributed by atoms with Crippen molar-refractivity contribution in [1.29, 1.82) is 0 Å². The first-order valence-corrected chi connectivity index (χ1v) is 11.0. The summed E-state index contributed by atoms with van der Waals surface area (Å²) >= 11 is 0. The number of para-hydroxylation sites is 2. The number of fused-ring (bicyclic) bond motifs is 1. The van der Waals surface area contributed by atoms with Crippen LogP contribution >= 0.6 is 0 Å². The number of carbonyl (C=O) groups is 2. The molecule has 0 aliphatic rings. The summed E-state index contributed by atoms with van der Waals surface area (Å²) in [4.78, 5) is 33.0. The molecule has 0 radical (unpaired) electrons. The number of nitrogens with zero attached hydrogens (tertiary/aromatic N) is 3. The van der Waals surface area contributed by atoms with Gasteiger partial charge in [-0.3, -0.25) is 4.79 Å². The van der Waals surface area contributed by atoms with Crippen molar-refractivity contribution in [2.75, 3.05) is 6.61 Å². The van der Waals surface area contributed by atoms with Crippen molar-refractivity contribution in [3.8, 4) is 5.69 Å². The molecule has 2 heterocycles. The second-order valence-electron chi connectivity index (χ2n) is 8.16. The van der Waals surface area contributed by atoms with Crippen molar-refractivity contribution in [2.45, 2.75) is 33.7 Å². The third-order valence-electron chi connectivity index (χ3n) is 5.53. The summed E-state index contributed by atoms with van der Waals surface area (Å²) in [5.74, 6) is 0.282. The van der Waals surface area contributed by atoms with Gasteiger partial charge in [-0.15, -0.1) is 0 Å². The quantitative estimate of drug-likeness (QED) is 0.412. The number of esters is 1. The fraction of sp³-hybridized carbons (Fsp3) is 0.280. The minimum atomic E-state index is -0.400. The van der Waals surface area contributed by atoms with Crippen LogP contribution in [0.5, 0.6) is 0 Å². The van der Waals surface area contributed by atoms with Gasteiger partial charge in [0.05, 0.1) is 41.3 Å². The molecule has 33 heavy (non-hydrogen) atoms. The third kappa shape index (κ3) is 4.50. The lowest BCUT2D eigenvalue weighted by Crippen LogP contribution is -2.32. The first-order chi connectivity index (χ1) is 15.9. The average Bonchev–Trinajstić information content (AvgIpc) is 3.40. The minimum Gasteiger partial charge on any atom is -0.462 e. The van der Waals surface area contributed by atoms with Gasteiger partial charge >= 0.3 is 5.97 Å². The maximum Gasteiger partial charge on any atom is 0.341 e. The summed E-state index contributed by atoms with van der Waals surface area (Å²) in [5.41, 5.74) is 4.18. The Kier molecular flexibility index (Phi) is 6.26. The standard InChI is InChI=1S/C25H27N5O3/c1-5-33-25(32)19-14-26-30(16(19)4)18-12-10-17(11-13-18)24(31)29-22(15(2)3)23-27-20-8-6-7-9-21(20)28-23/h6-15,22H,5H2,1-4H3,(H,27,28)(H,29,31)/t22-/m0/s1. The van der Waals surface area contributed by atoms with Crippen LogP contribution in [0.2, 0.25) is 0 Å². The molecule has 2 aromatic heterocycles. The van der Waals surface area contributed by atoms with E-state index in [4.69, 9.17) is 4.74 Å². The van der Waals surface area contributed by atoms with Crippen molar-refractivity contribution in [1.82, 2.24) is 25.1 Å². The van der Waals surface area contributed by atoms with E-state index in [2.05, 4.69) is 20.4 Å². The molecule has 0 bridgehead atoms. The van der Waals surface area contributed by atoms with E-state index in [0.29, 0.717) is 23.4 Å². The van der Waals surface area contributed by atoms with Gasteiger partial charge < -0.3 is 15.0 Å². The number of rotatable bonds is 7. The minimum absolute atomic E-state index is 0.141.